The third-order valence-electron chi connectivity index (χ3n) is 4.71. The minimum absolute atomic E-state index is 0.0793. The molecule has 2 aliphatic heterocycles. The molecule has 6 nitrogen and oxygen atoms in total. The summed E-state index contributed by atoms with van der Waals surface area (Å²) in [5.74, 6) is 0.464. The van der Waals surface area contributed by atoms with Crippen molar-refractivity contribution in [2.75, 3.05) is 19.7 Å². The zero-order chi connectivity index (χ0) is 16.0. The van der Waals surface area contributed by atoms with Crippen molar-refractivity contribution in [3.63, 3.8) is 0 Å². The zero-order valence-corrected chi connectivity index (χ0v) is 12.8. The molecule has 2 saturated heterocycles. The van der Waals surface area contributed by atoms with Crippen molar-refractivity contribution in [1.29, 1.82) is 0 Å². The Bertz CT molecular complexity index is 769. The topological polar surface area (TPSA) is 64.4 Å². The first-order valence-electron chi connectivity index (χ1n) is 7.68. The SMILES string of the molecule is Cn1c(C(=O)N2C[C@@H]3COC(=O)[C@@H]3C2)cnc1-c1ccccc1. The van der Waals surface area contributed by atoms with Gasteiger partial charge in [0.25, 0.3) is 5.91 Å². The number of hydrogen-bond donors (Lipinski definition) is 0. The van der Waals surface area contributed by atoms with Crippen molar-refractivity contribution in [3.05, 3.63) is 42.2 Å². The number of aromatic nitrogens is 2. The van der Waals surface area contributed by atoms with Gasteiger partial charge < -0.3 is 14.2 Å². The first-order valence-corrected chi connectivity index (χ1v) is 7.68. The molecule has 2 aliphatic rings. The summed E-state index contributed by atoms with van der Waals surface area (Å²) in [6, 6.07) is 9.76. The smallest absolute Gasteiger partial charge is 0.311 e. The first kappa shape index (κ1) is 14.0. The summed E-state index contributed by atoms with van der Waals surface area (Å²) < 4.78 is 6.85. The van der Waals surface area contributed by atoms with E-state index in [0.717, 1.165) is 11.4 Å². The van der Waals surface area contributed by atoms with Gasteiger partial charge in [-0.05, 0) is 0 Å². The second-order valence-electron chi connectivity index (χ2n) is 6.10. The maximum Gasteiger partial charge on any atom is 0.311 e. The van der Waals surface area contributed by atoms with Crippen LogP contribution in [-0.2, 0) is 16.6 Å². The Morgan fingerprint density at radius 3 is 2.78 bits per heavy atom. The van der Waals surface area contributed by atoms with Gasteiger partial charge in [-0.1, -0.05) is 30.3 Å². The van der Waals surface area contributed by atoms with Crippen LogP contribution in [-0.4, -0.2) is 46.0 Å². The molecule has 0 saturated carbocycles. The fourth-order valence-electron chi connectivity index (χ4n) is 3.39. The van der Waals surface area contributed by atoms with Gasteiger partial charge in [-0.15, -0.1) is 0 Å². The number of amides is 1. The molecule has 1 aromatic carbocycles. The summed E-state index contributed by atoms with van der Waals surface area (Å²) in [4.78, 5) is 30.5. The molecule has 0 N–H and O–H groups in total. The van der Waals surface area contributed by atoms with Gasteiger partial charge in [-0.2, -0.15) is 0 Å². The standard InChI is InChI=1S/C17H17N3O3/c1-19-14(7-18-15(19)11-5-3-2-4-6-11)16(21)20-8-12-10-23-17(22)13(12)9-20/h2-7,12-13H,8-10H2,1H3/t12-,13-/m1/s1. The van der Waals surface area contributed by atoms with Crippen molar-refractivity contribution in [2.45, 2.75) is 0 Å². The first-order chi connectivity index (χ1) is 11.1. The molecule has 1 aromatic heterocycles. The Morgan fingerprint density at radius 1 is 1.26 bits per heavy atom. The Labute approximate surface area is 133 Å². The van der Waals surface area contributed by atoms with Crippen molar-refractivity contribution < 1.29 is 14.3 Å². The summed E-state index contributed by atoms with van der Waals surface area (Å²) in [5.41, 5.74) is 1.51. The number of imidazole rings is 1. The van der Waals surface area contributed by atoms with Crippen LogP contribution in [0, 0.1) is 11.8 Å². The molecule has 2 aromatic rings. The number of likely N-dealkylation sites (tertiary alicyclic amines) is 1. The number of ether oxygens (including phenoxy) is 1. The molecular weight excluding hydrogens is 294 g/mol. The molecule has 2 fully saturated rings. The lowest BCUT2D eigenvalue weighted by atomic mass is 10.0. The van der Waals surface area contributed by atoms with Gasteiger partial charge in [-0.3, -0.25) is 9.59 Å². The lowest BCUT2D eigenvalue weighted by molar-refractivity contribution is -0.141. The molecular formula is C17H17N3O3. The van der Waals surface area contributed by atoms with E-state index in [1.54, 1.807) is 11.1 Å². The zero-order valence-electron chi connectivity index (χ0n) is 12.8. The molecule has 1 amide bonds. The molecule has 0 bridgehead atoms. The number of nitrogens with zero attached hydrogens (tertiary/aromatic N) is 3. The lowest BCUT2D eigenvalue weighted by Crippen LogP contribution is -2.32. The number of carbonyl (C=O) groups excluding carboxylic acids is 2. The van der Waals surface area contributed by atoms with Crippen molar-refractivity contribution in [2.24, 2.45) is 18.9 Å². The average Bonchev–Trinajstić information content (AvgIpc) is 3.24. The quantitative estimate of drug-likeness (QED) is 0.785. The highest BCUT2D eigenvalue weighted by atomic mass is 16.5. The van der Waals surface area contributed by atoms with Gasteiger partial charge in [0.2, 0.25) is 0 Å². The highest BCUT2D eigenvalue weighted by molar-refractivity contribution is 5.94. The van der Waals surface area contributed by atoms with E-state index in [1.807, 2.05) is 41.9 Å². The van der Waals surface area contributed by atoms with E-state index in [2.05, 4.69) is 4.98 Å². The fourth-order valence-corrected chi connectivity index (χ4v) is 3.39. The maximum absolute atomic E-state index is 12.8. The van der Waals surface area contributed by atoms with Gasteiger partial charge in [0.15, 0.2) is 0 Å². The van der Waals surface area contributed by atoms with E-state index >= 15 is 0 Å². The number of benzene rings is 1. The van der Waals surface area contributed by atoms with E-state index in [-0.39, 0.29) is 23.7 Å². The molecule has 0 unspecified atom stereocenters. The number of rotatable bonds is 2. The number of esters is 1. The van der Waals surface area contributed by atoms with Gasteiger partial charge >= 0.3 is 5.97 Å². The van der Waals surface area contributed by atoms with Crippen LogP contribution < -0.4 is 0 Å². The van der Waals surface area contributed by atoms with Crippen molar-refractivity contribution in [1.82, 2.24) is 14.5 Å². The van der Waals surface area contributed by atoms with Gasteiger partial charge in [-0.25, -0.2) is 4.98 Å². The van der Waals surface area contributed by atoms with Crippen molar-refractivity contribution in [3.8, 4) is 11.4 Å². The second-order valence-corrected chi connectivity index (χ2v) is 6.10. The number of fused-ring (bicyclic) bond motifs is 1. The van der Waals surface area contributed by atoms with E-state index in [1.165, 1.54) is 0 Å². The largest absolute Gasteiger partial charge is 0.465 e. The summed E-state index contributed by atoms with van der Waals surface area (Å²) in [6.45, 7) is 1.43. The van der Waals surface area contributed by atoms with Crippen LogP contribution in [0.1, 0.15) is 10.5 Å². The molecule has 6 heteroatoms. The minimum Gasteiger partial charge on any atom is -0.465 e. The Hall–Kier alpha value is -2.63. The Kier molecular flexibility index (Phi) is 3.18. The lowest BCUT2D eigenvalue weighted by Gasteiger charge is -2.17. The molecule has 0 spiro atoms. The average molecular weight is 311 g/mol. The third kappa shape index (κ3) is 2.21. The van der Waals surface area contributed by atoms with Crippen LogP contribution in [0.2, 0.25) is 0 Å². The van der Waals surface area contributed by atoms with E-state index < -0.39 is 0 Å². The summed E-state index contributed by atoms with van der Waals surface area (Å²) in [5, 5.41) is 0. The van der Waals surface area contributed by atoms with Gasteiger partial charge in [0, 0.05) is 31.6 Å². The fraction of sp³-hybridized carbons (Fsp3) is 0.353. The van der Waals surface area contributed by atoms with Crippen LogP contribution in [0.15, 0.2) is 36.5 Å². The predicted octanol–water partition coefficient (Wildman–Crippen LogP) is 1.33. The molecule has 23 heavy (non-hydrogen) atoms. The van der Waals surface area contributed by atoms with Crippen LogP contribution >= 0.6 is 0 Å². The molecule has 2 atom stereocenters. The predicted molar refractivity (Wildman–Crippen MR) is 82.5 cm³/mol. The summed E-state index contributed by atoms with van der Waals surface area (Å²) in [7, 11) is 1.84. The Morgan fingerprint density at radius 2 is 2.04 bits per heavy atom. The summed E-state index contributed by atoms with van der Waals surface area (Å²) >= 11 is 0. The number of cyclic esters (lactones) is 1. The molecule has 0 radical (unpaired) electrons. The van der Waals surface area contributed by atoms with Crippen LogP contribution in [0.4, 0.5) is 0 Å². The normalized spacial score (nSPS) is 23.0. The third-order valence-corrected chi connectivity index (χ3v) is 4.71. The van der Waals surface area contributed by atoms with Crippen molar-refractivity contribution >= 4 is 11.9 Å². The van der Waals surface area contributed by atoms with E-state index in [0.29, 0.717) is 25.4 Å². The summed E-state index contributed by atoms with van der Waals surface area (Å²) in [6.07, 6.45) is 1.61. The van der Waals surface area contributed by atoms with E-state index in [9.17, 15) is 9.59 Å². The second kappa shape index (κ2) is 5.22. The van der Waals surface area contributed by atoms with Gasteiger partial charge in [0.1, 0.15) is 11.5 Å². The highest BCUT2D eigenvalue weighted by Gasteiger charge is 2.45. The number of hydrogen-bond acceptors (Lipinski definition) is 4. The van der Waals surface area contributed by atoms with Crippen LogP contribution in [0.5, 0.6) is 0 Å². The molecule has 118 valence electrons. The minimum atomic E-state index is -0.180. The van der Waals surface area contributed by atoms with E-state index in [4.69, 9.17) is 4.74 Å². The van der Waals surface area contributed by atoms with Crippen LogP contribution in [0.3, 0.4) is 0 Å². The number of carbonyl (C=O) groups is 2. The van der Waals surface area contributed by atoms with Gasteiger partial charge in [0.05, 0.1) is 18.7 Å². The molecule has 3 heterocycles. The molecule has 0 aliphatic carbocycles. The maximum atomic E-state index is 12.8. The van der Waals surface area contributed by atoms with Crippen LogP contribution in [0.25, 0.3) is 11.4 Å². The molecule has 4 rings (SSSR count). The monoisotopic (exact) mass is 311 g/mol. The highest BCUT2D eigenvalue weighted by Crippen LogP contribution is 2.31. The Balaban J connectivity index is 1.58.